The summed E-state index contributed by atoms with van der Waals surface area (Å²) in [5.74, 6) is 2.17. The molecule has 1 aliphatic rings. The largest absolute Gasteiger partial charge is 0.339 e. The van der Waals surface area contributed by atoms with Gasteiger partial charge in [-0.3, -0.25) is 0 Å². The van der Waals surface area contributed by atoms with Crippen molar-refractivity contribution < 1.29 is 4.52 Å². The molecule has 1 saturated carbocycles. The molecule has 4 nitrogen and oxygen atoms in total. The second kappa shape index (κ2) is 6.18. The van der Waals surface area contributed by atoms with Gasteiger partial charge in [-0.2, -0.15) is 4.98 Å². The molecule has 20 heavy (non-hydrogen) atoms. The Morgan fingerprint density at radius 2 is 1.85 bits per heavy atom. The molecule has 1 heterocycles. The number of hydrogen-bond acceptors (Lipinski definition) is 4. The lowest BCUT2D eigenvalue weighted by molar-refractivity contribution is 0.305. The monoisotopic (exact) mass is 271 g/mol. The topological polar surface area (TPSA) is 64.9 Å². The molecule has 1 fully saturated rings. The van der Waals surface area contributed by atoms with E-state index in [0.29, 0.717) is 12.4 Å². The van der Waals surface area contributed by atoms with Crippen LogP contribution in [0.3, 0.4) is 0 Å². The third-order valence-electron chi connectivity index (χ3n) is 4.10. The number of hydrogen-bond donors (Lipinski definition) is 1. The molecule has 1 aliphatic carbocycles. The second-order valence-corrected chi connectivity index (χ2v) is 5.62. The van der Waals surface area contributed by atoms with Crippen molar-refractivity contribution in [3.8, 4) is 11.4 Å². The zero-order chi connectivity index (χ0) is 13.8. The average molecular weight is 271 g/mol. The van der Waals surface area contributed by atoms with Crippen LogP contribution in [-0.2, 0) is 13.0 Å². The van der Waals surface area contributed by atoms with E-state index >= 15 is 0 Å². The van der Waals surface area contributed by atoms with Crippen molar-refractivity contribution in [3.63, 3.8) is 0 Å². The highest BCUT2D eigenvalue weighted by molar-refractivity contribution is 5.54. The van der Waals surface area contributed by atoms with Crippen LogP contribution in [0, 0.1) is 5.92 Å². The summed E-state index contributed by atoms with van der Waals surface area (Å²) in [5.41, 5.74) is 7.69. The van der Waals surface area contributed by atoms with Crippen molar-refractivity contribution in [2.75, 3.05) is 0 Å². The average Bonchev–Trinajstić information content (AvgIpc) is 2.97. The lowest BCUT2D eigenvalue weighted by atomic mass is 9.87. The van der Waals surface area contributed by atoms with Gasteiger partial charge in [0.05, 0.1) is 0 Å². The van der Waals surface area contributed by atoms with E-state index in [1.54, 1.807) is 0 Å². The number of benzene rings is 1. The zero-order valence-corrected chi connectivity index (χ0v) is 11.7. The van der Waals surface area contributed by atoms with Gasteiger partial charge in [-0.15, -0.1) is 0 Å². The second-order valence-electron chi connectivity index (χ2n) is 5.62. The fourth-order valence-electron chi connectivity index (χ4n) is 2.88. The molecule has 0 bridgehead atoms. The van der Waals surface area contributed by atoms with Crippen LogP contribution in [0.1, 0.15) is 43.6 Å². The van der Waals surface area contributed by atoms with Gasteiger partial charge in [-0.25, -0.2) is 0 Å². The zero-order valence-electron chi connectivity index (χ0n) is 11.7. The minimum Gasteiger partial charge on any atom is -0.339 e. The molecule has 0 spiro atoms. The maximum Gasteiger partial charge on any atom is 0.227 e. The van der Waals surface area contributed by atoms with Crippen molar-refractivity contribution in [1.82, 2.24) is 10.1 Å². The van der Waals surface area contributed by atoms with Crippen LogP contribution in [0.25, 0.3) is 11.4 Å². The molecule has 0 atom stereocenters. The van der Waals surface area contributed by atoms with Crippen LogP contribution in [0.5, 0.6) is 0 Å². The summed E-state index contributed by atoms with van der Waals surface area (Å²) in [5, 5.41) is 4.09. The van der Waals surface area contributed by atoms with Crippen LogP contribution < -0.4 is 5.73 Å². The van der Waals surface area contributed by atoms with Gasteiger partial charge in [0.15, 0.2) is 0 Å². The highest BCUT2D eigenvalue weighted by atomic mass is 16.5. The summed E-state index contributed by atoms with van der Waals surface area (Å²) in [6.45, 7) is 0.555. The van der Waals surface area contributed by atoms with Crippen molar-refractivity contribution in [2.45, 2.75) is 45.1 Å². The van der Waals surface area contributed by atoms with E-state index in [9.17, 15) is 0 Å². The van der Waals surface area contributed by atoms with Gasteiger partial charge in [0.2, 0.25) is 11.7 Å². The van der Waals surface area contributed by atoms with Gasteiger partial charge in [0, 0.05) is 18.5 Å². The molecule has 3 rings (SSSR count). The molecule has 4 heteroatoms. The first kappa shape index (κ1) is 13.3. The van der Waals surface area contributed by atoms with Gasteiger partial charge in [0.25, 0.3) is 0 Å². The third-order valence-corrected chi connectivity index (χ3v) is 4.10. The molecule has 0 radical (unpaired) electrons. The van der Waals surface area contributed by atoms with E-state index in [4.69, 9.17) is 10.3 Å². The number of nitrogens with zero attached hydrogens (tertiary/aromatic N) is 2. The minimum absolute atomic E-state index is 0.555. The van der Waals surface area contributed by atoms with Gasteiger partial charge >= 0.3 is 0 Å². The fourth-order valence-corrected chi connectivity index (χ4v) is 2.88. The first-order valence-electron chi connectivity index (χ1n) is 7.47. The number of rotatable bonds is 4. The predicted octanol–water partition coefficient (Wildman–Crippen LogP) is 3.32. The fraction of sp³-hybridized carbons (Fsp3) is 0.500. The summed E-state index contributed by atoms with van der Waals surface area (Å²) in [4.78, 5) is 4.52. The Labute approximate surface area is 119 Å². The summed E-state index contributed by atoms with van der Waals surface area (Å²) < 4.78 is 5.39. The molecule has 0 amide bonds. The number of nitrogens with two attached hydrogens (primary N) is 1. The Morgan fingerprint density at radius 3 is 2.55 bits per heavy atom. The summed E-state index contributed by atoms with van der Waals surface area (Å²) in [7, 11) is 0. The van der Waals surface area contributed by atoms with Gasteiger partial charge in [-0.1, -0.05) is 48.7 Å². The van der Waals surface area contributed by atoms with Crippen molar-refractivity contribution >= 4 is 0 Å². The Bertz CT molecular complexity index is 541. The first-order valence-corrected chi connectivity index (χ1v) is 7.47. The van der Waals surface area contributed by atoms with Crippen molar-refractivity contribution in [2.24, 2.45) is 11.7 Å². The Kier molecular flexibility index (Phi) is 4.11. The van der Waals surface area contributed by atoms with E-state index in [-0.39, 0.29) is 0 Å². The molecule has 106 valence electrons. The molecule has 2 aromatic rings. The lowest BCUT2D eigenvalue weighted by Crippen LogP contribution is -2.09. The molecule has 1 aromatic carbocycles. The quantitative estimate of drug-likeness (QED) is 0.926. The normalized spacial score (nSPS) is 16.4. The summed E-state index contributed by atoms with van der Waals surface area (Å²) in [6.07, 6.45) is 7.57. The smallest absolute Gasteiger partial charge is 0.227 e. The highest BCUT2D eigenvalue weighted by Gasteiger charge is 2.17. The maximum atomic E-state index is 5.60. The van der Waals surface area contributed by atoms with Crippen LogP contribution in [-0.4, -0.2) is 10.1 Å². The minimum atomic E-state index is 0.555. The van der Waals surface area contributed by atoms with Gasteiger partial charge < -0.3 is 10.3 Å². The Balaban J connectivity index is 1.68. The van der Waals surface area contributed by atoms with E-state index < -0.39 is 0 Å². The summed E-state index contributed by atoms with van der Waals surface area (Å²) in [6, 6.07) is 8.01. The molecule has 0 saturated heterocycles. The van der Waals surface area contributed by atoms with Crippen LogP contribution in [0.15, 0.2) is 28.8 Å². The highest BCUT2D eigenvalue weighted by Crippen LogP contribution is 2.27. The van der Waals surface area contributed by atoms with Crippen molar-refractivity contribution in [3.05, 3.63) is 35.7 Å². The molecule has 2 N–H and O–H groups in total. The van der Waals surface area contributed by atoms with Crippen LogP contribution in [0.2, 0.25) is 0 Å². The van der Waals surface area contributed by atoms with E-state index in [1.165, 1.54) is 32.1 Å². The Morgan fingerprint density at radius 1 is 1.10 bits per heavy atom. The van der Waals surface area contributed by atoms with Gasteiger partial charge in [-0.05, 0) is 24.3 Å². The SMILES string of the molecule is NCc1ccc(-c2noc(CC3CCCCC3)n2)cc1. The molecule has 1 aromatic heterocycles. The molecule has 0 unspecified atom stereocenters. The molecular formula is C16H21N3O. The molecule has 0 aliphatic heterocycles. The third kappa shape index (κ3) is 3.07. The maximum absolute atomic E-state index is 5.60. The first-order chi connectivity index (χ1) is 9.85. The lowest BCUT2D eigenvalue weighted by Gasteiger charge is -2.19. The number of aromatic nitrogens is 2. The summed E-state index contributed by atoms with van der Waals surface area (Å²) >= 11 is 0. The Hall–Kier alpha value is -1.68. The van der Waals surface area contributed by atoms with Gasteiger partial charge in [0.1, 0.15) is 0 Å². The molecular weight excluding hydrogens is 250 g/mol. The standard InChI is InChI=1S/C16H21N3O/c17-11-13-6-8-14(9-7-13)16-18-15(20-19-16)10-12-4-2-1-3-5-12/h6-9,12H,1-5,10-11,17H2. The van der Waals surface area contributed by atoms with E-state index in [0.717, 1.165) is 29.4 Å². The predicted molar refractivity (Wildman–Crippen MR) is 77.9 cm³/mol. The van der Waals surface area contributed by atoms with Crippen LogP contribution in [0.4, 0.5) is 0 Å². The van der Waals surface area contributed by atoms with E-state index in [1.807, 2.05) is 24.3 Å². The van der Waals surface area contributed by atoms with Crippen molar-refractivity contribution in [1.29, 1.82) is 0 Å². The van der Waals surface area contributed by atoms with E-state index in [2.05, 4.69) is 10.1 Å². The van der Waals surface area contributed by atoms with Crippen LogP contribution >= 0.6 is 0 Å².